The van der Waals surface area contributed by atoms with Gasteiger partial charge in [0.25, 0.3) is 0 Å². The van der Waals surface area contributed by atoms with Gasteiger partial charge in [0.15, 0.2) is 0 Å². The zero-order valence-corrected chi connectivity index (χ0v) is 27.2. The largest absolute Gasteiger partial charge is 0.493 e. The predicted octanol–water partition coefficient (Wildman–Crippen LogP) is 9.16. The number of rotatable bonds is 7. The smallest absolute Gasteiger partial charge is 0.330 e. The third-order valence-corrected chi connectivity index (χ3v) is 10.7. The van der Waals surface area contributed by atoms with Gasteiger partial charge in [-0.05, 0) is 77.4 Å². The molecule has 2 N–H and O–H groups in total. The second-order valence-corrected chi connectivity index (χ2v) is 14.1. The summed E-state index contributed by atoms with van der Waals surface area (Å²) in [5, 5.41) is 10.7. The first-order valence-corrected chi connectivity index (χ1v) is 17.5. The van der Waals surface area contributed by atoms with Crippen LogP contribution >= 0.6 is 23.2 Å². The molecule has 234 valence electrons. The van der Waals surface area contributed by atoms with Crippen LogP contribution < -0.4 is 9.03 Å². The van der Waals surface area contributed by atoms with Gasteiger partial charge in [-0.15, -0.1) is 0 Å². The van der Waals surface area contributed by atoms with E-state index in [2.05, 4.69) is 53.3 Å². The molecule has 1 fully saturated rings. The van der Waals surface area contributed by atoms with E-state index in [-0.39, 0.29) is 0 Å². The lowest BCUT2D eigenvalue weighted by molar-refractivity contribution is 0.392. The van der Waals surface area contributed by atoms with E-state index >= 15 is 0 Å². The minimum absolute atomic E-state index is 0.374. The SMILES string of the molecule is O=S1(=O)NC(O)=CN1c1ccc(-n2cc(-c3c(Cl)cccc3Cl)nc2Cc2ccc(-c3ccc(C4CCCCC4)cc3)cc2)cc1. The van der Waals surface area contributed by atoms with Crippen molar-refractivity contribution in [2.24, 2.45) is 0 Å². The molecule has 5 aromatic rings. The molecule has 1 aliphatic heterocycles. The molecule has 0 radical (unpaired) electrons. The molecule has 46 heavy (non-hydrogen) atoms. The van der Waals surface area contributed by atoms with Crippen molar-refractivity contribution in [2.75, 3.05) is 4.31 Å². The average molecular weight is 672 g/mol. The van der Waals surface area contributed by atoms with Gasteiger partial charge < -0.3 is 9.67 Å². The van der Waals surface area contributed by atoms with Crippen molar-refractivity contribution in [2.45, 2.75) is 44.4 Å². The molecule has 1 aromatic heterocycles. The van der Waals surface area contributed by atoms with Crippen molar-refractivity contribution in [1.82, 2.24) is 14.3 Å². The lowest BCUT2D eigenvalue weighted by Gasteiger charge is -2.22. The zero-order chi connectivity index (χ0) is 31.8. The molecule has 2 aliphatic rings. The Balaban J connectivity index is 1.18. The first-order valence-electron chi connectivity index (χ1n) is 15.3. The third-order valence-electron chi connectivity index (χ3n) is 8.75. The number of nitrogens with zero attached hydrogens (tertiary/aromatic N) is 3. The van der Waals surface area contributed by atoms with Crippen LogP contribution in [-0.4, -0.2) is 23.1 Å². The fourth-order valence-corrected chi connectivity index (χ4v) is 8.02. The Kier molecular flexibility index (Phi) is 8.27. The molecule has 1 aliphatic carbocycles. The lowest BCUT2D eigenvalue weighted by atomic mass is 9.83. The van der Waals surface area contributed by atoms with Crippen LogP contribution in [0.4, 0.5) is 5.69 Å². The molecule has 7 rings (SSSR count). The number of aromatic nitrogens is 2. The van der Waals surface area contributed by atoms with Crippen LogP contribution in [0.1, 0.15) is 55.0 Å². The number of hydrogen-bond donors (Lipinski definition) is 2. The fraction of sp³-hybridized carbons (Fsp3) is 0.194. The summed E-state index contributed by atoms with van der Waals surface area (Å²) < 4.78 is 29.7. The number of halogens is 2. The topological polar surface area (TPSA) is 87.5 Å². The van der Waals surface area contributed by atoms with Crippen molar-refractivity contribution in [3.05, 3.63) is 136 Å². The van der Waals surface area contributed by atoms with Crippen molar-refractivity contribution >= 4 is 39.1 Å². The molecule has 7 nitrogen and oxygen atoms in total. The summed E-state index contributed by atoms with van der Waals surface area (Å²) in [5.74, 6) is 1.01. The summed E-state index contributed by atoms with van der Waals surface area (Å²) in [6.45, 7) is 0. The second-order valence-electron chi connectivity index (χ2n) is 11.8. The Bertz CT molecular complexity index is 2000. The molecule has 0 amide bonds. The maximum atomic E-state index is 12.4. The highest BCUT2D eigenvalue weighted by atomic mass is 35.5. The van der Waals surface area contributed by atoms with Crippen molar-refractivity contribution in [3.8, 4) is 28.1 Å². The first kappa shape index (κ1) is 30.4. The maximum absolute atomic E-state index is 12.4. The van der Waals surface area contributed by atoms with Crippen LogP contribution in [-0.2, 0) is 16.6 Å². The first-order chi connectivity index (χ1) is 22.2. The fourth-order valence-electron chi connectivity index (χ4n) is 6.37. The molecule has 0 bridgehead atoms. The number of aliphatic hydroxyl groups is 1. The molecule has 0 unspecified atom stereocenters. The summed E-state index contributed by atoms with van der Waals surface area (Å²) in [7, 11) is -3.90. The minimum atomic E-state index is -3.90. The Hall–Kier alpha value is -4.24. The molecule has 2 heterocycles. The summed E-state index contributed by atoms with van der Waals surface area (Å²) in [6, 6.07) is 29.9. The Morgan fingerprint density at radius 3 is 2.02 bits per heavy atom. The number of nitrogens with one attached hydrogen (secondary N) is 1. The summed E-state index contributed by atoms with van der Waals surface area (Å²) >= 11 is 13.1. The quantitative estimate of drug-likeness (QED) is 0.181. The predicted molar refractivity (Wildman–Crippen MR) is 185 cm³/mol. The number of imidazole rings is 1. The van der Waals surface area contributed by atoms with Crippen LogP contribution in [0.3, 0.4) is 0 Å². The van der Waals surface area contributed by atoms with Gasteiger partial charge >= 0.3 is 10.2 Å². The molecular weight excluding hydrogens is 639 g/mol. The molecule has 1 saturated carbocycles. The number of aliphatic hydroxyl groups excluding tert-OH is 1. The van der Waals surface area contributed by atoms with Gasteiger partial charge in [-0.3, -0.25) is 0 Å². The van der Waals surface area contributed by atoms with E-state index in [0.29, 0.717) is 39.3 Å². The van der Waals surface area contributed by atoms with E-state index in [1.165, 1.54) is 43.2 Å². The number of benzene rings is 4. The molecule has 0 atom stereocenters. The van der Waals surface area contributed by atoms with Crippen LogP contribution in [0.25, 0.3) is 28.1 Å². The standard InChI is InChI=1S/C36H32Cl2N4O3S/c37-31-7-4-8-32(38)36(31)33-22-41(29-17-19-30(20-18-29)42-23-35(43)40-46(42,44)45)34(39-33)21-24-9-11-26(12-10-24)28-15-13-27(14-16-28)25-5-2-1-3-6-25/h4,7-20,22-23,25,40,43H,1-3,5-6,21H2. The van der Waals surface area contributed by atoms with Gasteiger partial charge in [-0.25, -0.2) is 14.0 Å². The molecule has 0 spiro atoms. The van der Waals surface area contributed by atoms with Crippen LogP contribution in [0, 0.1) is 0 Å². The highest BCUT2D eigenvalue weighted by Crippen LogP contribution is 2.36. The van der Waals surface area contributed by atoms with E-state index in [4.69, 9.17) is 28.2 Å². The van der Waals surface area contributed by atoms with Gasteiger partial charge in [-0.1, -0.05) is 97.1 Å². The van der Waals surface area contributed by atoms with E-state index in [1.807, 2.05) is 10.8 Å². The van der Waals surface area contributed by atoms with Crippen molar-refractivity contribution in [3.63, 3.8) is 0 Å². The van der Waals surface area contributed by atoms with E-state index in [1.54, 1.807) is 42.5 Å². The van der Waals surface area contributed by atoms with E-state index in [9.17, 15) is 13.5 Å². The zero-order valence-electron chi connectivity index (χ0n) is 24.9. The van der Waals surface area contributed by atoms with Crippen molar-refractivity contribution < 1.29 is 13.5 Å². The third kappa shape index (κ3) is 6.12. The number of hydrogen-bond acceptors (Lipinski definition) is 4. The van der Waals surface area contributed by atoms with Gasteiger partial charge in [0, 0.05) is 23.9 Å². The van der Waals surface area contributed by atoms with E-state index < -0.39 is 16.1 Å². The molecule has 0 saturated heterocycles. The summed E-state index contributed by atoms with van der Waals surface area (Å²) in [4.78, 5) is 4.98. The number of anilines is 1. The van der Waals surface area contributed by atoms with Crippen LogP contribution in [0.15, 0.2) is 109 Å². The molecular formula is C36H32Cl2N4O3S. The maximum Gasteiger partial charge on any atom is 0.330 e. The average Bonchev–Trinajstić information content (AvgIpc) is 3.60. The summed E-state index contributed by atoms with van der Waals surface area (Å²) in [5.41, 5.74) is 7.30. The summed E-state index contributed by atoms with van der Waals surface area (Å²) in [6.07, 6.45) is 10.1. The second kappa shape index (κ2) is 12.5. The lowest BCUT2D eigenvalue weighted by Crippen LogP contribution is -2.29. The van der Waals surface area contributed by atoms with Gasteiger partial charge in [-0.2, -0.15) is 8.42 Å². The Labute approximate surface area is 278 Å². The monoisotopic (exact) mass is 670 g/mol. The van der Waals surface area contributed by atoms with Gasteiger partial charge in [0.05, 0.1) is 27.6 Å². The highest BCUT2D eigenvalue weighted by Gasteiger charge is 2.28. The Morgan fingerprint density at radius 2 is 1.41 bits per heavy atom. The van der Waals surface area contributed by atoms with Gasteiger partial charge in [0.1, 0.15) is 5.82 Å². The molecule has 4 aromatic carbocycles. The van der Waals surface area contributed by atoms with Gasteiger partial charge in [0.2, 0.25) is 5.88 Å². The molecule has 10 heteroatoms. The Morgan fingerprint density at radius 1 is 0.804 bits per heavy atom. The van der Waals surface area contributed by atoms with E-state index in [0.717, 1.165) is 33.1 Å². The highest BCUT2D eigenvalue weighted by molar-refractivity contribution is 7.91. The van der Waals surface area contributed by atoms with Crippen LogP contribution in [0.5, 0.6) is 0 Å². The minimum Gasteiger partial charge on any atom is -0.493 e. The van der Waals surface area contributed by atoms with Crippen LogP contribution in [0.2, 0.25) is 10.0 Å². The van der Waals surface area contributed by atoms with Crippen molar-refractivity contribution in [1.29, 1.82) is 0 Å². The normalized spacial score (nSPS) is 16.3.